The molecule has 0 spiro atoms. The predicted octanol–water partition coefficient (Wildman–Crippen LogP) is 18.1. The topological polar surface area (TPSA) is 33.5 Å². The summed E-state index contributed by atoms with van der Waals surface area (Å²) in [5, 5.41) is 1.13. The van der Waals surface area contributed by atoms with Crippen LogP contribution >= 0.6 is 0 Å². The lowest BCUT2D eigenvalue weighted by molar-refractivity contribution is 0.483. The van der Waals surface area contributed by atoms with Crippen LogP contribution in [0.2, 0.25) is 0 Å². The fourth-order valence-electron chi connectivity index (χ4n) is 9.78. The van der Waals surface area contributed by atoms with Crippen molar-refractivity contribution in [1.29, 1.82) is 0 Å². The quantitative estimate of drug-likeness (QED) is 0.159. The Kier molecular flexibility index (Phi) is 10.2. The molecule has 0 saturated carbocycles. The molecule has 2 aromatic heterocycles. The number of pyridine rings is 1. The predicted molar refractivity (Wildman–Crippen MR) is 298 cm³/mol. The number of aryl methyl sites for hydroxylation is 1. The Hall–Kier alpha value is -7.11. The standard InChI is InChI=1S/C65H68N4O/c1-42-31-49(39-51(32-42)70-50-27-28-53-52-23-17-18-24-56(52)69(59(53)40-50)60-38-45(29-30-66-60)62(2,3)4)67-41-68(58-26-20-19-25-57(58)67)61-54(43-21-15-14-16-22-43)36-48(65(11,12)13)37-55(61)44-33-46(63(5,6)7)35-47(34-44)64(8,9)10/h14-40H,41H2,1-13H3/i17D,18D,23D,24D. The maximum atomic E-state index is 9.14. The molecule has 0 atom stereocenters. The average molecular weight is 925 g/mol. The molecule has 0 fully saturated rings. The molecule has 354 valence electrons. The SMILES string of the molecule is [2H]c1c([2H])c([2H])c2c(c1[2H])c1ccc(Oc3cc(C)cc(N4CN(c5c(-c6ccccc6)cc(C(C)(C)C)cc5-c5cc(C(C)(C)C)cc(C(C)(C)C)c5)c5ccccc54)c3)cc1n2-c1cc(C(C)(C)C)ccn1. The lowest BCUT2D eigenvalue weighted by Gasteiger charge is -2.31. The molecular formula is C65H68N4O. The summed E-state index contributed by atoms with van der Waals surface area (Å²) in [7, 11) is 0. The summed E-state index contributed by atoms with van der Waals surface area (Å²) in [6, 6.07) is 47.0. The molecule has 0 saturated heterocycles. The molecule has 0 amide bonds. The third kappa shape index (κ3) is 8.76. The summed E-state index contributed by atoms with van der Waals surface area (Å²) in [6.45, 7) is 29.8. The number of benzene rings is 7. The van der Waals surface area contributed by atoms with Crippen LogP contribution < -0.4 is 14.5 Å². The van der Waals surface area contributed by atoms with Gasteiger partial charge in [0, 0.05) is 45.9 Å². The zero-order valence-corrected chi connectivity index (χ0v) is 43.2. The number of nitrogens with zero attached hydrogens (tertiary/aromatic N) is 4. The van der Waals surface area contributed by atoms with Crippen molar-refractivity contribution in [3.63, 3.8) is 0 Å². The number of rotatable bonds is 7. The van der Waals surface area contributed by atoms with E-state index in [9.17, 15) is 0 Å². The van der Waals surface area contributed by atoms with Gasteiger partial charge < -0.3 is 14.5 Å². The van der Waals surface area contributed by atoms with E-state index in [4.69, 9.17) is 15.2 Å². The molecule has 0 bridgehead atoms. The van der Waals surface area contributed by atoms with Crippen molar-refractivity contribution < 1.29 is 10.2 Å². The normalized spacial score (nSPS) is 14.2. The first-order valence-corrected chi connectivity index (χ1v) is 24.6. The number of hydrogen-bond acceptors (Lipinski definition) is 4. The van der Waals surface area contributed by atoms with Crippen LogP contribution in [0.15, 0.2) is 164 Å². The van der Waals surface area contributed by atoms with Crippen LogP contribution in [-0.4, -0.2) is 16.2 Å². The zero-order chi connectivity index (χ0) is 53.0. The molecule has 9 aromatic rings. The molecule has 10 rings (SSSR count). The second-order valence-corrected chi connectivity index (χ2v) is 23.3. The minimum Gasteiger partial charge on any atom is -0.457 e. The third-order valence-corrected chi connectivity index (χ3v) is 13.8. The lowest BCUT2D eigenvalue weighted by Crippen LogP contribution is -2.25. The van der Waals surface area contributed by atoms with Gasteiger partial charge in [-0.3, -0.25) is 4.57 Å². The van der Waals surface area contributed by atoms with Crippen molar-refractivity contribution >= 4 is 44.6 Å². The van der Waals surface area contributed by atoms with Crippen molar-refractivity contribution in [1.82, 2.24) is 9.55 Å². The maximum Gasteiger partial charge on any atom is 0.137 e. The highest BCUT2D eigenvalue weighted by Gasteiger charge is 2.34. The van der Waals surface area contributed by atoms with Gasteiger partial charge in [0.1, 0.15) is 24.0 Å². The fourth-order valence-corrected chi connectivity index (χ4v) is 9.78. The van der Waals surface area contributed by atoms with Crippen molar-refractivity contribution in [2.24, 2.45) is 0 Å². The first-order chi connectivity index (χ1) is 34.8. The average Bonchev–Trinajstić information content (AvgIpc) is 3.90. The van der Waals surface area contributed by atoms with E-state index in [0.717, 1.165) is 39.4 Å². The van der Waals surface area contributed by atoms with Crippen molar-refractivity contribution in [2.45, 2.75) is 112 Å². The van der Waals surface area contributed by atoms with Crippen molar-refractivity contribution in [2.75, 3.05) is 16.5 Å². The van der Waals surface area contributed by atoms with Gasteiger partial charge >= 0.3 is 0 Å². The lowest BCUT2D eigenvalue weighted by atomic mass is 9.77. The van der Waals surface area contributed by atoms with Gasteiger partial charge in [0.15, 0.2) is 0 Å². The van der Waals surface area contributed by atoms with Gasteiger partial charge in [0.05, 0.1) is 33.6 Å². The highest BCUT2D eigenvalue weighted by molar-refractivity contribution is 6.09. The van der Waals surface area contributed by atoms with Crippen LogP contribution in [0.5, 0.6) is 11.5 Å². The molecule has 0 N–H and O–H groups in total. The Balaban J connectivity index is 1.12. The minimum absolute atomic E-state index is 0.0724. The Morgan fingerprint density at radius 2 is 1.10 bits per heavy atom. The molecule has 1 aliphatic rings. The fraction of sp³-hybridized carbons (Fsp3) is 0.277. The molecule has 3 heterocycles. The van der Waals surface area contributed by atoms with Crippen LogP contribution in [0.25, 0.3) is 49.9 Å². The first-order valence-electron chi connectivity index (χ1n) is 26.6. The number of para-hydroxylation sites is 3. The molecular weight excluding hydrogens is 853 g/mol. The van der Waals surface area contributed by atoms with E-state index in [1.165, 1.54) is 33.4 Å². The molecule has 5 heteroatoms. The number of ether oxygens (including phenoxy) is 1. The van der Waals surface area contributed by atoms with Gasteiger partial charge in [-0.05, 0) is 134 Å². The minimum atomic E-state index is -0.289. The van der Waals surface area contributed by atoms with Crippen LogP contribution in [0.1, 0.15) is 116 Å². The van der Waals surface area contributed by atoms with Crippen molar-refractivity contribution in [3.8, 4) is 39.6 Å². The molecule has 0 radical (unpaired) electrons. The van der Waals surface area contributed by atoms with Crippen LogP contribution in [0, 0.1) is 6.92 Å². The van der Waals surface area contributed by atoms with Crippen LogP contribution in [-0.2, 0) is 21.7 Å². The smallest absolute Gasteiger partial charge is 0.137 e. The molecule has 0 unspecified atom stereocenters. The summed E-state index contributed by atoms with van der Waals surface area (Å²) < 4.78 is 44.2. The zero-order valence-electron chi connectivity index (χ0n) is 47.2. The highest BCUT2D eigenvalue weighted by Crippen LogP contribution is 2.52. The van der Waals surface area contributed by atoms with Gasteiger partial charge in [-0.1, -0.05) is 162 Å². The summed E-state index contributed by atoms with van der Waals surface area (Å²) in [4.78, 5) is 9.68. The summed E-state index contributed by atoms with van der Waals surface area (Å²) in [5.41, 5.74) is 15.6. The van der Waals surface area contributed by atoms with Gasteiger partial charge in [-0.15, -0.1) is 0 Å². The molecule has 1 aliphatic heterocycles. The maximum absolute atomic E-state index is 9.14. The number of anilines is 4. The van der Waals surface area contributed by atoms with Gasteiger partial charge in [-0.2, -0.15) is 0 Å². The van der Waals surface area contributed by atoms with Gasteiger partial charge in [0.25, 0.3) is 0 Å². The van der Waals surface area contributed by atoms with E-state index in [-0.39, 0.29) is 45.8 Å². The van der Waals surface area contributed by atoms with E-state index >= 15 is 0 Å². The Morgan fingerprint density at radius 3 is 1.76 bits per heavy atom. The molecule has 0 aliphatic carbocycles. The monoisotopic (exact) mass is 925 g/mol. The second-order valence-electron chi connectivity index (χ2n) is 23.3. The van der Waals surface area contributed by atoms with E-state index in [2.05, 4.69) is 197 Å². The first kappa shape index (κ1) is 41.8. The van der Waals surface area contributed by atoms with Crippen LogP contribution in [0.3, 0.4) is 0 Å². The molecule has 5 nitrogen and oxygen atoms in total. The van der Waals surface area contributed by atoms with E-state index in [0.29, 0.717) is 45.8 Å². The summed E-state index contributed by atoms with van der Waals surface area (Å²) >= 11 is 0. The number of fused-ring (bicyclic) bond motifs is 4. The Labute approximate surface area is 422 Å². The van der Waals surface area contributed by atoms with E-state index in [1.54, 1.807) is 6.20 Å². The van der Waals surface area contributed by atoms with Crippen LogP contribution in [0.4, 0.5) is 22.7 Å². The van der Waals surface area contributed by atoms with Crippen molar-refractivity contribution in [3.05, 3.63) is 192 Å². The van der Waals surface area contributed by atoms with E-state index in [1.807, 2.05) is 41.0 Å². The largest absolute Gasteiger partial charge is 0.457 e. The Bertz CT molecular complexity index is 3650. The molecule has 70 heavy (non-hydrogen) atoms. The van der Waals surface area contributed by atoms with E-state index < -0.39 is 0 Å². The summed E-state index contributed by atoms with van der Waals surface area (Å²) in [6.07, 6.45) is 1.77. The third-order valence-electron chi connectivity index (χ3n) is 13.8. The van der Waals surface area contributed by atoms with Gasteiger partial charge in [0.2, 0.25) is 0 Å². The number of hydrogen-bond donors (Lipinski definition) is 0. The van der Waals surface area contributed by atoms with Gasteiger partial charge in [-0.25, -0.2) is 4.98 Å². The Morgan fingerprint density at radius 1 is 0.500 bits per heavy atom. The number of aromatic nitrogens is 2. The second kappa shape index (κ2) is 17.1. The highest BCUT2D eigenvalue weighted by atomic mass is 16.5. The molecule has 7 aromatic carbocycles. The summed E-state index contributed by atoms with van der Waals surface area (Å²) in [5.74, 6) is 1.79.